The number of benzene rings is 3. The number of hydrogen-bond donors (Lipinski definition) is 3. The Bertz CT molecular complexity index is 1490. The molecule has 158 valence electrons. The van der Waals surface area contributed by atoms with Crippen molar-refractivity contribution < 1.29 is 14.0 Å². The van der Waals surface area contributed by atoms with E-state index in [4.69, 9.17) is 5.73 Å². The number of amides is 1. The second-order valence-corrected chi connectivity index (χ2v) is 7.91. The average molecular weight is 425 g/mol. The molecule has 2 heterocycles. The van der Waals surface area contributed by atoms with Gasteiger partial charge in [0.15, 0.2) is 0 Å². The minimum Gasteiger partial charge on any atom is -0.374 e. The zero-order chi connectivity index (χ0) is 22.4. The van der Waals surface area contributed by atoms with Crippen molar-refractivity contribution in [3.63, 3.8) is 0 Å². The first kappa shape index (κ1) is 19.8. The predicted molar refractivity (Wildman–Crippen MR) is 124 cm³/mol. The van der Waals surface area contributed by atoms with E-state index < -0.39 is 11.7 Å². The highest BCUT2D eigenvalue weighted by Gasteiger charge is 2.25. The molecule has 1 aliphatic heterocycles. The van der Waals surface area contributed by atoms with Crippen LogP contribution in [0.4, 0.5) is 10.1 Å². The number of anilines is 1. The highest BCUT2D eigenvalue weighted by molar-refractivity contribution is 6.20. The van der Waals surface area contributed by atoms with E-state index >= 15 is 4.39 Å². The van der Waals surface area contributed by atoms with Gasteiger partial charge in [-0.2, -0.15) is 0 Å². The summed E-state index contributed by atoms with van der Waals surface area (Å²) in [4.78, 5) is 27.4. The molecule has 6 heteroatoms. The van der Waals surface area contributed by atoms with Crippen LogP contribution in [-0.2, 0) is 11.2 Å². The van der Waals surface area contributed by atoms with Crippen LogP contribution in [0.5, 0.6) is 0 Å². The van der Waals surface area contributed by atoms with E-state index in [1.165, 1.54) is 6.07 Å². The molecule has 1 unspecified atom stereocenters. The Balaban J connectivity index is 1.68. The summed E-state index contributed by atoms with van der Waals surface area (Å²) < 4.78 is 15.4. The molecular formula is C26H20FN3O2. The Morgan fingerprint density at radius 3 is 2.75 bits per heavy atom. The summed E-state index contributed by atoms with van der Waals surface area (Å²) in [5, 5.41) is 4.70. The minimum absolute atomic E-state index is 0.121. The molecule has 0 saturated carbocycles. The van der Waals surface area contributed by atoms with Crippen molar-refractivity contribution in [2.24, 2.45) is 5.73 Å². The van der Waals surface area contributed by atoms with Crippen LogP contribution in [0.15, 0.2) is 48.5 Å². The second-order valence-electron chi connectivity index (χ2n) is 7.91. The Morgan fingerprint density at radius 1 is 1.16 bits per heavy atom. The Hall–Kier alpha value is -4.11. The van der Waals surface area contributed by atoms with Gasteiger partial charge in [0.05, 0.1) is 17.1 Å². The third-order valence-corrected chi connectivity index (χ3v) is 5.99. The monoisotopic (exact) mass is 425 g/mol. The molecule has 0 spiro atoms. The second kappa shape index (κ2) is 7.54. The molecule has 0 bridgehead atoms. The van der Waals surface area contributed by atoms with E-state index in [1.54, 1.807) is 6.92 Å². The van der Waals surface area contributed by atoms with Crippen molar-refractivity contribution in [1.82, 2.24) is 4.98 Å². The first-order valence-electron chi connectivity index (χ1n) is 10.4. The number of para-hydroxylation sites is 1. The Morgan fingerprint density at radius 2 is 1.97 bits per heavy atom. The number of Topliss-reactive ketones (excluding diaryl/α,β-unsaturated/α-hetero) is 1. The van der Waals surface area contributed by atoms with Gasteiger partial charge in [-0.25, -0.2) is 4.39 Å². The lowest BCUT2D eigenvalue weighted by Gasteiger charge is -2.25. The van der Waals surface area contributed by atoms with Crippen LogP contribution in [0.25, 0.3) is 32.9 Å². The molecule has 4 N–H and O–H groups in total. The fourth-order valence-corrected chi connectivity index (χ4v) is 4.53. The third kappa shape index (κ3) is 3.10. The van der Waals surface area contributed by atoms with Crippen LogP contribution in [0, 0.1) is 17.7 Å². The van der Waals surface area contributed by atoms with E-state index in [0.717, 1.165) is 22.2 Å². The molecule has 1 aromatic heterocycles. The molecule has 0 fully saturated rings. The van der Waals surface area contributed by atoms with Gasteiger partial charge in [0, 0.05) is 27.5 Å². The topological polar surface area (TPSA) is 88.0 Å². The maximum atomic E-state index is 15.4. The average Bonchev–Trinajstić information content (AvgIpc) is 3.17. The first-order chi connectivity index (χ1) is 15.5. The number of rotatable bonds is 3. The number of carbonyl (C=O) groups is 2. The zero-order valence-corrected chi connectivity index (χ0v) is 17.4. The van der Waals surface area contributed by atoms with Crippen molar-refractivity contribution in [3.05, 3.63) is 65.5 Å². The van der Waals surface area contributed by atoms with Crippen LogP contribution < -0.4 is 11.1 Å². The normalized spacial score (nSPS) is 15.0. The summed E-state index contributed by atoms with van der Waals surface area (Å²) in [6, 6.07) is 14.0. The molecule has 0 saturated heterocycles. The number of carbonyl (C=O) groups excluding carboxylic acids is 2. The number of ketones is 1. The van der Waals surface area contributed by atoms with Gasteiger partial charge in [-0.1, -0.05) is 30.2 Å². The van der Waals surface area contributed by atoms with Crippen LogP contribution in [0.1, 0.15) is 29.3 Å². The summed E-state index contributed by atoms with van der Waals surface area (Å²) in [6.07, 6.45) is 1.30. The van der Waals surface area contributed by atoms with Gasteiger partial charge < -0.3 is 16.0 Å². The molecule has 1 aliphatic rings. The van der Waals surface area contributed by atoms with Crippen molar-refractivity contribution >= 4 is 39.2 Å². The number of aromatic amines is 1. The van der Waals surface area contributed by atoms with Crippen molar-refractivity contribution in [2.45, 2.75) is 25.8 Å². The summed E-state index contributed by atoms with van der Waals surface area (Å²) in [5.74, 6) is 3.92. The molecule has 3 aromatic carbocycles. The standard InChI is InChI=1S/C26H20FN3O2/c1-2-5-22(31)21-11-8-14-12-15(9-10-19(14)29-21)23-18(27)13-17(26(28)32)25-24(23)16-6-3-4-7-20(16)30-25/h3-4,6-7,9-10,12-13,21,29-30H,8,11H2,1H3,(H2,28,32). The summed E-state index contributed by atoms with van der Waals surface area (Å²) in [7, 11) is 0. The molecule has 4 aromatic rings. The van der Waals surface area contributed by atoms with Gasteiger partial charge in [-0.15, -0.1) is 0 Å². The Labute approximate surface area is 183 Å². The predicted octanol–water partition coefficient (Wildman–Crippen LogP) is 4.55. The van der Waals surface area contributed by atoms with Crippen molar-refractivity contribution in [3.8, 4) is 23.0 Å². The molecule has 5 rings (SSSR count). The molecule has 5 nitrogen and oxygen atoms in total. The number of primary amides is 1. The highest BCUT2D eigenvalue weighted by Crippen LogP contribution is 2.40. The summed E-state index contributed by atoms with van der Waals surface area (Å²) >= 11 is 0. The lowest BCUT2D eigenvalue weighted by Crippen LogP contribution is -2.32. The van der Waals surface area contributed by atoms with Crippen LogP contribution in [0.3, 0.4) is 0 Å². The largest absolute Gasteiger partial charge is 0.374 e. The van der Waals surface area contributed by atoms with Crippen LogP contribution >= 0.6 is 0 Å². The minimum atomic E-state index is -0.687. The number of aromatic nitrogens is 1. The quantitative estimate of drug-likeness (QED) is 0.333. The van der Waals surface area contributed by atoms with E-state index in [0.29, 0.717) is 34.9 Å². The molecular weight excluding hydrogens is 405 g/mol. The maximum absolute atomic E-state index is 15.4. The fourth-order valence-electron chi connectivity index (χ4n) is 4.53. The van der Waals surface area contributed by atoms with E-state index in [2.05, 4.69) is 22.1 Å². The van der Waals surface area contributed by atoms with Gasteiger partial charge in [-0.05, 0) is 61.1 Å². The molecule has 32 heavy (non-hydrogen) atoms. The SMILES string of the molecule is CC#CC(=O)C1CCc2cc(-c3c(F)cc(C(N)=O)c4[nH]c5ccccc5c34)ccc2N1. The van der Waals surface area contributed by atoms with Gasteiger partial charge in [-0.3, -0.25) is 9.59 Å². The van der Waals surface area contributed by atoms with Gasteiger partial charge in [0.2, 0.25) is 5.78 Å². The van der Waals surface area contributed by atoms with Gasteiger partial charge in [0.1, 0.15) is 5.82 Å². The highest BCUT2D eigenvalue weighted by atomic mass is 19.1. The molecule has 1 amide bonds. The van der Waals surface area contributed by atoms with E-state index in [9.17, 15) is 9.59 Å². The summed E-state index contributed by atoms with van der Waals surface area (Å²) in [6.45, 7) is 1.64. The molecule has 0 radical (unpaired) electrons. The number of H-pyrrole nitrogens is 1. The number of nitrogens with two attached hydrogens (primary N) is 1. The Kier molecular flexibility index (Phi) is 4.67. The zero-order valence-electron chi connectivity index (χ0n) is 17.4. The number of aryl methyl sites for hydroxylation is 1. The number of hydrogen-bond acceptors (Lipinski definition) is 3. The molecule has 1 atom stereocenters. The number of fused-ring (bicyclic) bond motifs is 4. The van der Waals surface area contributed by atoms with Crippen LogP contribution in [-0.4, -0.2) is 22.7 Å². The van der Waals surface area contributed by atoms with Crippen molar-refractivity contribution in [2.75, 3.05) is 5.32 Å². The smallest absolute Gasteiger partial charge is 0.250 e. The number of nitrogens with one attached hydrogen (secondary N) is 2. The van der Waals surface area contributed by atoms with E-state index in [-0.39, 0.29) is 17.4 Å². The fraction of sp³-hybridized carbons (Fsp3) is 0.154. The van der Waals surface area contributed by atoms with Gasteiger partial charge >= 0.3 is 0 Å². The third-order valence-electron chi connectivity index (χ3n) is 5.99. The molecule has 0 aliphatic carbocycles. The van der Waals surface area contributed by atoms with Gasteiger partial charge in [0.25, 0.3) is 5.91 Å². The summed E-state index contributed by atoms with van der Waals surface area (Å²) in [5.41, 5.74) is 9.95. The van der Waals surface area contributed by atoms with Crippen LogP contribution in [0.2, 0.25) is 0 Å². The lowest BCUT2D eigenvalue weighted by atomic mass is 9.90. The number of halogens is 1. The lowest BCUT2D eigenvalue weighted by molar-refractivity contribution is -0.114. The van der Waals surface area contributed by atoms with E-state index in [1.807, 2.05) is 42.5 Å². The van der Waals surface area contributed by atoms with Crippen molar-refractivity contribution in [1.29, 1.82) is 0 Å². The maximum Gasteiger partial charge on any atom is 0.250 e. The first-order valence-corrected chi connectivity index (χ1v) is 10.4.